The molecule has 0 spiro atoms. The van der Waals surface area contributed by atoms with E-state index in [2.05, 4.69) is 4.98 Å². The summed E-state index contributed by atoms with van der Waals surface area (Å²) in [7, 11) is 0. The Morgan fingerprint density at radius 1 is 1.22 bits per heavy atom. The molecule has 1 saturated carbocycles. The highest BCUT2D eigenvalue weighted by Crippen LogP contribution is 2.41. The number of esters is 1. The van der Waals surface area contributed by atoms with Gasteiger partial charge in [0.1, 0.15) is 0 Å². The van der Waals surface area contributed by atoms with Crippen LogP contribution in [-0.2, 0) is 16.0 Å². The van der Waals surface area contributed by atoms with Gasteiger partial charge in [0.25, 0.3) is 0 Å². The van der Waals surface area contributed by atoms with Gasteiger partial charge in [-0.3, -0.25) is 9.69 Å². The zero-order valence-corrected chi connectivity index (χ0v) is 19.0. The second kappa shape index (κ2) is 10.5. The van der Waals surface area contributed by atoms with Crippen molar-refractivity contribution in [3.05, 3.63) is 46.5 Å². The van der Waals surface area contributed by atoms with Crippen LogP contribution in [0.25, 0.3) is 0 Å². The Bertz CT molecular complexity index is 930. The van der Waals surface area contributed by atoms with Gasteiger partial charge in [-0.05, 0) is 45.1 Å². The number of anilines is 1. The zero-order chi connectivity index (χ0) is 23.3. The molecule has 1 heterocycles. The van der Waals surface area contributed by atoms with Crippen molar-refractivity contribution in [2.75, 3.05) is 18.1 Å². The van der Waals surface area contributed by atoms with Gasteiger partial charge in [-0.2, -0.15) is 13.2 Å². The lowest BCUT2D eigenvalue weighted by atomic mass is 9.80. The number of aromatic nitrogens is 1. The first-order valence-corrected chi connectivity index (χ1v) is 11.6. The Morgan fingerprint density at radius 2 is 1.94 bits per heavy atom. The molecule has 1 aromatic carbocycles. The van der Waals surface area contributed by atoms with Crippen LogP contribution in [0, 0.1) is 18.8 Å². The maximum atomic E-state index is 13.4. The first-order valence-electron chi connectivity index (χ1n) is 10.8. The number of carbonyl (C=O) groups is 2. The number of ether oxygens (including phenoxy) is 1. The number of amides is 1. The molecule has 5 nitrogen and oxygen atoms in total. The van der Waals surface area contributed by atoms with Crippen molar-refractivity contribution in [3.63, 3.8) is 0 Å². The Labute approximate surface area is 189 Å². The van der Waals surface area contributed by atoms with Gasteiger partial charge < -0.3 is 4.74 Å². The van der Waals surface area contributed by atoms with Crippen LogP contribution in [-0.4, -0.2) is 36.2 Å². The minimum atomic E-state index is -4.30. The van der Waals surface area contributed by atoms with E-state index in [1.807, 2.05) is 30.3 Å². The standard InChI is InChI=1S/C23H27F3N2O3S/c1-3-31-21(30)19-15(2)32-22(27-19)28(13-12-16-8-5-4-6-9-16)20(29)17-10-7-11-18(14-17)23(24,25)26/h4-6,8-9,17-18H,3,7,10-14H2,1-2H3. The van der Waals surface area contributed by atoms with Crippen molar-refractivity contribution >= 4 is 28.3 Å². The summed E-state index contributed by atoms with van der Waals surface area (Å²) in [5.74, 6) is -3.12. The van der Waals surface area contributed by atoms with Crippen molar-refractivity contribution in [3.8, 4) is 0 Å². The zero-order valence-electron chi connectivity index (χ0n) is 18.2. The lowest BCUT2D eigenvalue weighted by Gasteiger charge is -2.32. The summed E-state index contributed by atoms with van der Waals surface area (Å²) in [4.78, 5) is 32.0. The van der Waals surface area contributed by atoms with Gasteiger partial charge in [0.2, 0.25) is 5.91 Å². The number of alkyl halides is 3. The van der Waals surface area contributed by atoms with Crippen molar-refractivity contribution in [2.45, 2.75) is 52.1 Å². The molecule has 3 rings (SSSR count). The minimum Gasteiger partial charge on any atom is -0.461 e. The Morgan fingerprint density at radius 3 is 2.59 bits per heavy atom. The van der Waals surface area contributed by atoms with Gasteiger partial charge in [-0.1, -0.05) is 36.8 Å². The normalized spacial score (nSPS) is 18.9. The highest BCUT2D eigenvalue weighted by Gasteiger charge is 2.44. The van der Waals surface area contributed by atoms with Gasteiger partial charge in [0.05, 0.1) is 12.5 Å². The Kier molecular flexibility index (Phi) is 7.92. The highest BCUT2D eigenvalue weighted by molar-refractivity contribution is 7.16. The summed E-state index contributed by atoms with van der Waals surface area (Å²) < 4.78 is 44.9. The first kappa shape index (κ1) is 24.2. The van der Waals surface area contributed by atoms with Crippen LogP contribution in [0.5, 0.6) is 0 Å². The van der Waals surface area contributed by atoms with Crippen LogP contribution >= 0.6 is 11.3 Å². The van der Waals surface area contributed by atoms with E-state index in [-0.39, 0.29) is 37.6 Å². The van der Waals surface area contributed by atoms with Gasteiger partial charge in [0.15, 0.2) is 10.8 Å². The van der Waals surface area contributed by atoms with E-state index < -0.39 is 24.0 Å². The van der Waals surface area contributed by atoms with E-state index in [0.29, 0.717) is 29.3 Å². The van der Waals surface area contributed by atoms with Crippen molar-refractivity contribution in [1.82, 2.24) is 4.98 Å². The number of hydrogen-bond acceptors (Lipinski definition) is 5. The molecule has 0 bridgehead atoms. The predicted octanol–water partition coefficient (Wildman–Crippen LogP) is 5.57. The molecular formula is C23H27F3N2O3S. The molecule has 1 amide bonds. The van der Waals surface area contributed by atoms with Crippen LogP contribution in [0.2, 0.25) is 0 Å². The average molecular weight is 469 g/mol. The van der Waals surface area contributed by atoms with Crippen molar-refractivity contribution in [1.29, 1.82) is 0 Å². The quantitative estimate of drug-likeness (QED) is 0.499. The summed E-state index contributed by atoms with van der Waals surface area (Å²) in [5.41, 5.74) is 1.14. The molecule has 0 saturated heterocycles. The number of aryl methyl sites for hydroxylation is 1. The number of nitrogens with zero attached hydrogens (tertiary/aromatic N) is 2. The molecule has 1 aliphatic carbocycles. The maximum Gasteiger partial charge on any atom is 0.391 e. The number of carbonyl (C=O) groups excluding carboxylic acids is 2. The summed E-state index contributed by atoms with van der Waals surface area (Å²) >= 11 is 1.18. The number of hydrogen-bond donors (Lipinski definition) is 0. The van der Waals surface area contributed by atoms with Crippen LogP contribution < -0.4 is 4.90 Å². The molecule has 0 N–H and O–H groups in total. The van der Waals surface area contributed by atoms with E-state index in [1.165, 1.54) is 16.2 Å². The third kappa shape index (κ3) is 5.88. The highest BCUT2D eigenvalue weighted by atomic mass is 32.1. The third-order valence-electron chi connectivity index (χ3n) is 5.70. The lowest BCUT2D eigenvalue weighted by Crippen LogP contribution is -2.41. The molecule has 32 heavy (non-hydrogen) atoms. The van der Waals surface area contributed by atoms with Crippen molar-refractivity contribution in [2.24, 2.45) is 11.8 Å². The molecular weight excluding hydrogens is 441 g/mol. The lowest BCUT2D eigenvalue weighted by molar-refractivity contribution is -0.186. The number of thiazole rings is 1. The Balaban J connectivity index is 1.86. The largest absolute Gasteiger partial charge is 0.461 e. The van der Waals surface area contributed by atoms with E-state index in [4.69, 9.17) is 4.74 Å². The monoisotopic (exact) mass is 468 g/mol. The average Bonchev–Trinajstić information content (AvgIpc) is 3.15. The molecule has 1 fully saturated rings. The number of halogens is 3. The molecule has 9 heteroatoms. The molecule has 0 aliphatic heterocycles. The molecule has 2 aromatic rings. The fourth-order valence-electron chi connectivity index (χ4n) is 4.00. The summed E-state index contributed by atoms with van der Waals surface area (Å²) in [6.07, 6.45) is -3.15. The van der Waals surface area contributed by atoms with Gasteiger partial charge in [-0.25, -0.2) is 9.78 Å². The fourth-order valence-corrected chi connectivity index (χ4v) is 4.93. The Hall–Kier alpha value is -2.42. The molecule has 2 unspecified atom stereocenters. The van der Waals surface area contributed by atoms with E-state index in [1.54, 1.807) is 13.8 Å². The number of rotatable bonds is 7. The van der Waals surface area contributed by atoms with Crippen LogP contribution in [0.3, 0.4) is 0 Å². The van der Waals surface area contributed by atoms with Gasteiger partial charge in [0, 0.05) is 17.3 Å². The van der Waals surface area contributed by atoms with Crippen LogP contribution in [0.15, 0.2) is 30.3 Å². The van der Waals surface area contributed by atoms with Crippen LogP contribution in [0.4, 0.5) is 18.3 Å². The second-order valence-electron chi connectivity index (χ2n) is 7.95. The third-order valence-corrected chi connectivity index (χ3v) is 6.70. The predicted molar refractivity (Wildman–Crippen MR) is 117 cm³/mol. The summed E-state index contributed by atoms with van der Waals surface area (Å²) in [6, 6.07) is 9.54. The summed E-state index contributed by atoms with van der Waals surface area (Å²) in [5, 5.41) is 0.320. The van der Waals surface area contributed by atoms with Crippen molar-refractivity contribution < 1.29 is 27.5 Å². The summed E-state index contributed by atoms with van der Waals surface area (Å²) in [6.45, 7) is 3.87. The molecule has 0 radical (unpaired) electrons. The van der Waals surface area contributed by atoms with E-state index >= 15 is 0 Å². The van der Waals surface area contributed by atoms with Crippen LogP contribution in [0.1, 0.15) is 53.5 Å². The SMILES string of the molecule is CCOC(=O)c1nc(N(CCc2ccccc2)C(=O)C2CCCC(C(F)(F)F)C2)sc1C. The van der Waals surface area contributed by atoms with Gasteiger partial charge >= 0.3 is 12.1 Å². The second-order valence-corrected chi connectivity index (χ2v) is 9.13. The maximum absolute atomic E-state index is 13.4. The van der Waals surface area contributed by atoms with E-state index in [9.17, 15) is 22.8 Å². The molecule has 2 atom stereocenters. The fraction of sp³-hybridized carbons (Fsp3) is 0.522. The molecule has 1 aromatic heterocycles. The van der Waals surface area contributed by atoms with Gasteiger partial charge in [-0.15, -0.1) is 11.3 Å². The smallest absolute Gasteiger partial charge is 0.391 e. The number of benzene rings is 1. The molecule has 1 aliphatic rings. The first-order chi connectivity index (χ1) is 15.2. The molecule has 174 valence electrons. The minimum absolute atomic E-state index is 0.0562. The van der Waals surface area contributed by atoms with E-state index in [0.717, 1.165) is 5.56 Å². The topological polar surface area (TPSA) is 59.5 Å².